The standard InChI is InChI=1S/C20H23N3O4S/c1-13(18(24)21-10-9-14-5-3-2-4-6-14)28-20-23-22-19(27-20)15-7-8-16-17(11-15)26-12-25-16/h5,7-8,11,13H,2-4,6,9-10,12H2,1H3,(H,21,24)/t13-/m1/s1. The molecule has 2 aromatic rings. The monoisotopic (exact) mass is 401 g/mol. The second-order valence-corrected chi connectivity index (χ2v) is 8.14. The molecule has 2 heterocycles. The van der Waals surface area contributed by atoms with Gasteiger partial charge in [-0.25, -0.2) is 0 Å². The number of nitrogens with one attached hydrogen (secondary N) is 1. The summed E-state index contributed by atoms with van der Waals surface area (Å²) in [5, 5.41) is 11.2. The van der Waals surface area contributed by atoms with E-state index in [1.165, 1.54) is 36.6 Å². The van der Waals surface area contributed by atoms with Crippen LogP contribution in [0.2, 0.25) is 0 Å². The van der Waals surface area contributed by atoms with E-state index >= 15 is 0 Å². The van der Waals surface area contributed by atoms with Crippen LogP contribution in [0.4, 0.5) is 0 Å². The molecule has 8 heteroatoms. The second kappa shape index (κ2) is 8.68. The zero-order valence-corrected chi connectivity index (χ0v) is 16.6. The quantitative estimate of drug-likeness (QED) is 0.555. The van der Waals surface area contributed by atoms with Gasteiger partial charge in [0.05, 0.1) is 5.25 Å². The van der Waals surface area contributed by atoms with Gasteiger partial charge in [-0.2, -0.15) is 0 Å². The number of hydrogen-bond donors (Lipinski definition) is 1. The van der Waals surface area contributed by atoms with Crippen LogP contribution < -0.4 is 14.8 Å². The third-order valence-electron chi connectivity index (χ3n) is 4.80. The second-order valence-electron chi connectivity index (χ2n) is 6.85. The number of hydrogen-bond acceptors (Lipinski definition) is 7. The molecule has 2 aliphatic rings. The fourth-order valence-corrected chi connectivity index (χ4v) is 3.94. The molecule has 148 valence electrons. The van der Waals surface area contributed by atoms with E-state index in [1.807, 2.05) is 19.1 Å². The van der Waals surface area contributed by atoms with E-state index < -0.39 is 0 Å². The first-order chi connectivity index (χ1) is 13.7. The number of rotatable bonds is 7. The summed E-state index contributed by atoms with van der Waals surface area (Å²) in [5.41, 5.74) is 2.21. The molecule has 1 amide bonds. The first-order valence-corrected chi connectivity index (χ1v) is 10.4. The molecule has 0 fully saturated rings. The maximum Gasteiger partial charge on any atom is 0.277 e. The number of amides is 1. The Bertz CT molecular complexity index is 880. The van der Waals surface area contributed by atoms with Gasteiger partial charge < -0.3 is 19.2 Å². The van der Waals surface area contributed by atoms with Crippen molar-refractivity contribution in [2.45, 2.75) is 49.5 Å². The van der Waals surface area contributed by atoms with Crippen LogP contribution in [0.15, 0.2) is 39.5 Å². The summed E-state index contributed by atoms with van der Waals surface area (Å²) >= 11 is 1.26. The summed E-state index contributed by atoms with van der Waals surface area (Å²) in [7, 11) is 0. The van der Waals surface area contributed by atoms with Crippen molar-refractivity contribution in [1.82, 2.24) is 15.5 Å². The number of fused-ring (bicyclic) bond motifs is 1. The lowest BCUT2D eigenvalue weighted by atomic mass is 9.97. The molecule has 4 rings (SSSR count). The molecule has 0 saturated carbocycles. The Morgan fingerprint density at radius 3 is 3.00 bits per heavy atom. The first-order valence-electron chi connectivity index (χ1n) is 9.55. The lowest BCUT2D eigenvalue weighted by molar-refractivity contribution is -0.120. The number of thioether (sulfide) groups is 1. The van der Waals surface area contributed by atoms with Crippen molar-refractivity contribution in [3.05, 3.63) is 29.8 Å². The van der Waals surface area contributed by atoms with E-state index in [0.29, 0.717) is 29.2 Å². The minimum absolute atomic E-state index is 0.0239. The summed E-state index contributed by atoms with van der Waals surface area (Å²) in [6.45, 7) is 2.72. The van der Waals surface area contributed by atoms with Crippen molar-refractivity contribution in [2.75, 3.05) is 13.3 Å². The smallest absolute Gasteiger partial charge is 0.277 e. The average molecular weight is 401 g/mol. The Morgan fingerprint density at radius 2 is 2.14 bits per heavy atom. The van der Waals surface area contributed by atoms with E-state index in [4.69, 9.17) is 13.9 Å². The highest BCUT2D eigenvalue weighted by atomic mass is 32.2. The van der Waals surface area contributed by atoms with Gasteiger partial charge in [-0.1, -0.05) is 23.4 Å². The van der Waals surface area contributed by atoms with E-state index in [1.54, 1.807) is 6.07 Å². The van der Waals surface area contributed by atoms with Gasteiger partial charge in [0.25, 0.3) is 5.22 Å². The summed E-state index contributed by atoms with van der Waals surface area (Å²) in [6, 6.07) is 5.46. The van der Waals surface area contributed by atoms with Gasteiger partial charge in [0.15, 0.2) is 11.5 Å². The number of nitrogens with zero attached hydrogens (tertiary/aromatic N) is 2. The summed E-state index contributed by atoms with van der Waals surface area (Å²) in [4.78, 5) is 12.3. The number of carbonyl (C=O) groups is 1. The Balaban J connectivity index is 1.29. The molecular weight excluding hydrogens is 378 g/mol. The van der Waals surface area contributed by atoms with Crippen molar-refractivity contribution in [1.29, 1.82) is 0 Å². The summed E-state index contributed by atoms with van der Waals surface area (Å²) in [5.74, 6) is 1.72. The summed E-state index contributed by atoms with van der Waals surface area (Å²) < 4.78 is 16.4. The molecular formula is C20H23N3O4S. The molecule has 1 aromatic carbocycles. The van der Waals surface area contributed by atoms with Gasteiger partial charge >= 0.3 is 0 Å². The van der Waals surface area contributed by atoms with Crippen LogP contribution in [0.3, 0.4) is 0 Å². The maximum atomic E-state index is 12.3. The molecule has 1 N–H and O–H groups in total. The Labute approximate surface area is 167 Å². The Morgan fingerprint density at radius 1 is 1.25 bits per heavy atom. The van der Waals surface area contributed by atoms with Crippen molar-refractivity contribution < 1.29 is 18.7 Å². The third-order valence-corrected chi connectivity index (χ3v) is 5.74. The number of carbonyl (C=O) groups excluding carboxylic acids is 1. The van der Waals surface area contributed by atoms with Gasteiger partial charge in [-0.3, -0.25) is 4.79 Å². The molecule has 7 nitrogen and oxygen atoms in total. The molecule has 1 aliphatic heterocycles. The minimum Gasteiger partial charge on any atom is -0.454 e. The zero-order chi connectivity index (χ0) is 19.3. The fraction of sp³-hybridized carbons (Fsp3) is 0.450. The summed E-state index contributed by atoms with van der Waals surface area (Å²) in [6.07, 6.45) is 8.10. The number of benzene rings is 1. The number of allylic oxidation sites excluding steroid dienone is 1. The first kappa shape index (κ1) is 18.9. The zero-order valence-electron chi connectivity index (χ0n) is 15.8. The normalized spacial score (nSPS) is 16.5. The molecule has 0 spiro atoms. The lowest BCUT2D eigenvalue weighted by Gasteiger charge is -2.14. The Hall–Kier alpha value is -2.48. The van der Waals surface area contributed by atoms with Gasteiger partial charge in [0.2, 0.25) is 18.6 Å². The van der Waals surface area contributed by atoms with E-state index in [2.05, 4.69) is 21.6 Å². The predicted octanol–water partition coefficient (Wildman–Crippen LogP) is 3.95. The molecule has 0 saturated heterocycles. The highest BCUT2D eigenvalue weighted by molar-refractivity contribution is 8.00. The number of ether oxygens (including phenoxy) is 2. The van der Waals surface area contributed by atoms with Crippen LogP contribution in [0.25, 0.3) is 11.5 Å². The minimum atomic E-state index is -0.314. The highest BCUT2D eigenvalue weighted by Gasteiger charge is 2.20. The average Bonchev–Trinajstić information content (AvgIpc) is 3.37. The molecule has 1 aliphatic carbocycles. The molecule has 1 aromatic heterocycles. The number of aromatic nitrogens is 2. The van der Waals surface area contributed by atoms with E-state index in [0.717, 1.165) is 18.4 Å². The van der Waals surface area contributed by atoms with Crippen molar-refractivity contribution in [2.24, 2.45) is 0 Å². The maximum absolute atomic E-state index is 12.3. The van der Waals surface area contributed by atoms with Crippen LogP contribution in [-0.4, -0.2) is 34.7 Å². The Kier molecular flexibility index (Phi) is 5.85. The van der Waals surface area contributed by atoms with E-state index in [9.17, 15) is 4.79 Å². The van der Waals surface area contributed by atoms with Crippen LogP contribution in [0.5, 0.6) is 11.5 Å². The third kappa shape index (κ3) is 4.49. The van der Waals surface area contributed by atoms with Crippen molar-refractivity contribution in [3.8, 4) is 23.0 Å². The predicted molar refractivity (Wildman–Crippen MR) is 105 cm³/mol. The van der Waals surface area contributed by atoms with Crippen LogP contribution in [0, 0.1) is 0 Å². The van der Waals surface area contributed by atoms with Crippen LogP contribution in [-0.2, 0) is 4.79 Å². The van der Waals surface area contributed by atoms with Crippen molar-refractivity contribution in [3.63, 3.8) is 0 Å². The molecule has 0 unspecified atom stereocenters. The SMILES string of the molecule is C[C@@H](Sc1nnc(-c2ccc3c(c2)OCO3)o1)C(=O)NCCC1=CCCCC1. The molecule has 1 atom stereocenters. The molecule has 28 heavy (non-hydrogen) atoms. The van der Waals surface area contributed by atoms with Gasteiger partial charge in [-0.15, -0.1) is 10.2 Å². The molecule has 0 bridgehead atoms. The van der Waals surface area contributed by atoms with Crippen LogP contribution in [0.1, 0.15) is 39.0 Å². The highest BCUT2D eigenvalue weighted by Crippen LogP contribution is 2.36. The van der Waals surface area contributed by atoms with Gasteiger partial charge in [-0.05, 0) is 57.2 Å². The van der Waals surface area contributed by atoms with Gasteiger partial charge in [0.1, 0.15) is 0 Å². The van der Waals surface area contributed by atoms with Crippen molar-refractivity contribution >= 4 is 17.7 Å². The van der Waals surface area contributed by atoms with Gasteiger partial charge in [0, 0.05) is 12.1 Å². The largest absolute Gasteiger partial charge is 0.454 e. The van der Waals surface area contributed by atoms with E-state index in [-0.39, 0.29) is 18.0 Å². The lowest BCUT2D eigenvalue weighted by Crippen LogP contribution is -2.31. The fourth-order valence-electron chi connectivity index (χ4n) is 3.23. The molecule has 0 radical (unpaired) electrons. The van der Waals surface area contributed by atoms with Crippen LogP contribution >= 0.6 is 11.8 Å². The topological polar surface area (TPSA) is 86.5 Å².